The maximum absolute atomic E-state index is 13.7. The Labute approximate surface area is 102 Å². The van der Waals surface area contributed by atoms with Crippen molar-refractivity contribution >= 4 is 17.3 Å². The first-order chi connectivity index (χ1) is 8.47. The molecule has 0 bridgehead atoms. The van der Waals surface area contributed by atoms with Crippen molar-refractivity contribution in [2.45, 2.75) is 0 Å². The smallest absolute Gasteiger partial charge is 0.323 e. The molecule has 0 aromatic heterocycles. The molecule has 1 rings (SSSR count). The fourth-order valence-corrected chi connectivity index (χ4v) is 1.52. The quantitative estimate of drug-likeness (QED) is 0.475. The first-order valence-corrected chi connectivity index (χ1v) is 4.98. The summed E-state index contributed by atoms with van der Waals surface area (Å²) >= 11 is 0. The monoisotopic (exact) mass is 254 g/mol. The van der Waals surface area contributed by atoms with Crippen LogP contribution in [-0.2, 0) is 4.79 Å². The largest absolute Gasteiger partial charge is 0.480 e. The minimum atomic E-state index is -1.21. The van der Waals surface area contributed by atoms with E-state index in [1.54, 1.807) is 0 Å². The number of para-hydroxylation sites is 1. The van der Waals surface area contributed by atoms with Crippen LogP contribution in [-0.4, -0.2) is 29.1 Å². The molecular weight excluding hydrogens is 243 g/mol. The lowest BCUT2D eigenvalue weighted by atomic mass is 10.2. The lowest BCUT2D eigenvalue weighted by Gasteiger charge is -2.21. The van der Waals surface area contributed by atoms with Crippen LogP contribution in [0, 0.1) is 15.9 Å². The fraction of sp³-hybridized carbons (Fsp3) is 0.182. The number of halogens is 1. The first kappa shape index (κ1) is 13.6. The van der Waals surface area contributed by atoms with Crippen LogP contribution in [0.5, 0.6) is 0 Å². The van der Waals surface area contributed by atoms with Crippen LogP contribution in [0.3, 0.4) is 0 Å². The highest BCUT2D eigenvalue weighted by Crippen LogP contribution is 2.30. The molecule has 0 aliphatic rings. The van der Waals surface area contributed by atoms with E-state index >= 15 is 0 Å². The van der Waals surface area contributed by atoms with Crippen molar-refractivity contribution in [3.63, 3.8) is 0 Å². The summed E-state index contributed by atoms with van der Waals surface area (Å²) in [5, 5.41) is 19.5. The second-order valence-electron chi connectivity index (χ2n) is 3.43. The van der Waals surface area contributed by atoms with Gasteiger partial charge in [-0.15, -0.1) is 6.58 Å². The molecule has 0 atom stereocenters. The number of benzene rings is 1. The van der Waals surface area contributed by atoms with Gasteiger partial charge in [-0.3, -0.25) is 14.9 Å². The van der Waals surface area contributed by atoms with Gasteiger partial charge in [0, 0.05) is 12.6 Å². The van der Waals surface area contributed by atoms with Crippen molar-refractivity contribution in [1.29, 1.82) is 0 Å². The SMILES string of the molecule is C=CCN(CC(=O)O)c1c(F)cccc1[N+](=O)[O-]. The second kappa shape index (κ2) is 5.76. The van der Waals surface area contributed by atoms with Crippen LogP contribution in [0.2, 0.25) is 0 Å². The van der Waals surface area contributed by atoms with Crippen LogP contribution in [0.15, 0.2) is 30.9 Å². The van der Waals surface area contributed by atoms with Crippen LogP contribution >= 0.6 is 0 Å². The third-order valence-electron chi connectivity index (χ3n) is 2.15. The number of nitrogens with zero attached hydrogens (tertiary/aromatic N) is 2. The van der Waals surface area contributed by atoms with Crippen molar-refractivity contribution < 1.29 is 19.2 Å². The molecular formula is C11H11FN2O4. The number of hydrogen-bond donors (Lipinski definition) is 1. The molecule has 7 heteroatoms. The fourth-order valence-electron chi connectivity index (χ4n) is 1.52. The average molecular weight is 254 g/mol. The zero-order valence-corrected chi connectivity index (χ0v) is 9.38. The van der Waals surface area contributed by atoms with Gasteiger partial charge >= 0.3 is 5.97 Å². The Balaban J connectivity index is 3.28. The van der Waals surface area contributed by atoms with Gasteiger partial charge in [-0.1, -0.05) is 12.1 Å². The number of nitro groups is 1. The number of aliphatic carboxylic acids is 1. The Hall–Kier alpha value is -2.44. The van der Waals surface area contributed by atoms with E-state index in [9.17, 15) is 19.3 Å². The minimum absolute atomic E-state index is 0.00588. The molecule has 0 aliphatic heterocycles. The van der Waals surface area contributed by atoms with Gasteiger partial charge in [-0.05, 0) is 6.07 Å². The van der Waals surface area contributed by atoms with Crippen molar-refractivity contribution in [2.24, 2.45) is 0 Å². The molecule has 18 heavy (non-hydrogen) atoms. The van der Waals surface area contributed by atoms with Crippen molar-refractivity contribution in [3.8, 4) is 0 Å². The van der Waals surface area contributed by atoms with Crippen molar-refractivity contribution in [2.75, 3.05) is 18.0 Å². The Kier molecular flexibility index (Phi) is 4.36. The third-order valence-corrected chi connectivity index (χ3v) is 2.15. The van der Waals surface area contributed by atoms with Crippen molar-refractivity contribution in [3.05, 3.63) is 46.8 Å². The van der Waals surface area contributed by atoms with Gasteiger partial charge in [-0.25, -0.2) is 4.39 Å². The number of carbonyl (C=O) groups is 1. The van der Waals surface area contributed by atoms with E-state index in [4.69, 9.17) is 5.11 Å². The van der Waals surface area contributed by atoms with E-state index in [1.165, 1.54) is 12.1 Å². The second-order valence-corrected chi connectivity index (χ2v) is 3.43. The summed E-state index contributed by atoms with van der Waals surface area (Å²) in [6, 6.07) is 3.36. The summed E-state index contributed by atoms with van der Waals surface area (Å²) in [7, 11) is 0. The minimum Gasteiger partial charge on any atom is -0.480 e. The Morgan fingerprint density at radius 3 is 2.78 bits per heavy atom. The predicted octanol–water partition coefficient (Wildman–Crippen LogP) is 1.81. The topological polar surface area (TPSA) is 83.7 Å². The number of carboxylic acid groups (broad SMARTS) is 1. The van der Waals surface area contributed by atoms with Gasteiger partial charge in [0.15, 0.2) is 11.5 Å². The number of anilines is 1. The first-order valence-electron chi connectivity index (χ1n) is 4.98. The molecule has 0 heterocycles. The van der Waals surface area contributed by atoms with E-state index in [1.807, 2.05) is 0 Å². The molecule has 1 aromatic rings. The molecule has 0 saturated heterocycles. The molecule has 6 nitrogen and oxygen atoms in total. The van der Waals surface area contributed by atoms with E-state index in [-0.39, 0.29) is 12.2 Å². The Morgan fingerprint density at radius 2 is 2.28 bits per heavy atom. The predicted molar refractivity (Wildman–Crippen MR) is 63.1 cm³/mol. The number of carboxylic acids is 1. The summed E-state index contributed by atoms with van der Waals surface area (Å²) in [6.07, 6.45) is 1.35. The van der Waals surface area contributed by atoms with Gasteiger partial charge < -0.3 is 10.0 Å². The zero-order chi connectivity index (χ0) is 13.7. The van der Waals surface area contributed by atoms with Crippen LogP contribution in [0.4, 0.5) is 15.8 Å². The summed E-state index contributed by atoms with van der Waals surface area (Å²) in [5.74, 6) is -2.05. The van der Waals surface area contributed by atoms with E-state index < -0.39 is 28.9 Å². The molecule has 0 aliphatic carbocycles. The van der Waals surface area contributed by atoms with Crippen molar-refractivity contribution in [1.82, 2.24) is 0 Å². The lowest BCUT2D eigenvalue weighted by molar-refractivity contribution is -0.384. The third kappa shape index (κ3) is 3.03. The summed E-state index contributed by atoms with van der Waals surface area (Å²) < 4.78 is 13.7. The van der Waals surface area contributed by atoms with E-state index in [0.717, 1.165) is 17.0 Å². The van der Waals surface area contributed by atoms with Gasteiger partial charge in [0.25, 0.3) is 5.69 Å². The Bertz CT molecular complexity index is 490. The highest BCUT2D eigenvalue weighted by molar-refractivity contribution is 5.76. The molecule has 1 aromatic carbocycles. The zero-order valence-electron chi connectivity index (χ0n) is 9.38. The van der Waals surface area contributed by atoms with Gasteiger partial charge in [0.2, 0.25) is 0 Å². The maximum atomic E-state index is 13.7. The molecule has 0 amide bonds. The van der Waals surface area contributed by atoms with Crippen LogP contribution in [0.25, 0.3) is 0 Å². The summed E-state index contributed by atoms with van der Waals surface area (Å²) in [4.78, 5) is 21.8. The summed E-state index contributed by atoms with van der Waals surface area (Å²) in [5.41, 5.74) is -0.817. The van der Waals surface area contributed by atoms with Gasteiger partial charge in [0.05, 0.1) is 4.92 Å². The number of hydrogen-bond acceptors (Lipinski definition) is 4. The van der Waals surface area contributed by atoms with E-state index in [2.05, 4.69) is 6.58 Å². The van der Waals surface area contributed by atoms with Crippen LogP contribution < -0.4 is 4.90 Å². The van der Waals surface area contributed by atoms with Crippen LogP contribution in [0.1, 0.15) is 0 Å². The molecule has 0 saturated carbocycles. The average Bonchev–Trinajstić information content (AvgIpc) is 2.27. The maximum Gasteiger partial charge on any atom is 0.323 e. The lowest BCUT2D eigenvalue weighted by Crippen LogP contribution is -2.31. The molecule has 0 spiro atoms. The molecule has 0 radical (unpaired) electrons. The standard InChI is InChI=1S/C11H11FN2O4/c1-2-6-13(7-10(15)16)11-8(12)4-3-5-9(11)14(17)18/h2-5H,1,6-7H2,(H,15,16). The molecule has 96 valence electrons. The molecule has 1 N–H and O–H groups in total. The highest BCUT2D eigenvalue weighted by Gasteiger charge is 2.24. The number of rotatable bonds is 6. The Morgan fingerprint density at radius 1 is 1.61 bits per heavy atom. The van der Waals surface area contributed by atoms with Gasteiger partial charge in [-0.2, -0.15) is 0 Å². The molecule has 0 fully saturated rings. The molecule has 0 unspecified atom stereocenters. The highest BCUT2D eigenvalue weighted by atomic mass is 19.1. The normalized spacial score (nSPS) is 9.83. The number of nitro benzene ring substituents is 1. The summed E-state index contributed by atoms with van der Waals surface area (Å²) in [6.45, 7) is 2.86. The van der Waals surface area contributed by atoms with Gasteiger partial charge in [0.1, 0.15) is 6.54 Å². The van der Waals surface area contributed by atoms with E-state index in [0.29, 0.717) is 0 Å².